The minimum Gasteiger partial charge on any atom is -0.768 e. The fourth-order valence-corrected chi connectivity index (χ4v) is 5.06. The average Bonchev–Trinajstić information content (AvgIpc) is 2.91. The van der Waals surface area contributed by atoms with Gasteiger partial charge in [-0.15, -0.1) is 11.3 Å². The Morgan fingerprint density at radius 2 is 2.10 bits per heavy atom. The van der Waals surface area contributed by atoms with Crippen LogP contribution in [0, 0.1) is 0 Å². The molecule has 1 aromatic carbocycles. The molecule has 0 amide bonds. The summed E-state index contributed by atoms with van der Waals surface area (Å²) in [6.07, 6.45) is -0.847. The molecule has 1 unspecified atom stereocenters. The molecular formula is C11H10ClNO5PS2-. The predicted octanol–water partition coefficient (Wildman–Crippen LogP) is 2.27. The zero-order valence-electron chi connectivity index (χ0n) is 10.4. The van der Waals surface area contributed by atoms with Gasteiger partial charge < -0.3 is 9.42 Å². The fourth-order valence-electron chi connectivity index (χ4n) is 1.37. The van der Waals surface area contributed by atoms with Crippen LogP contribution >= 0.6 is 30.5 Å². The van der Waals surface area contributed by atoms with E-state index >= 15 is 0 Å². The Balaban J connectivity index is 2.03. The van der Waals surface area contributed by atoms with E-state index in [0.29, 0.717) is 5.02 Å². The van der Waals surface area contributed by atoms with Gasteiger partial charge in [0.1, 0.15) is 9.96 Å². The van der Waals surface area contributed by atoms with E-state index in [0.717, 1.165) is 11.3 Å². The van der Waals surface area contributed by atoms with Crippen LogP contribution in [0.25, 0.3) is 0 Å². The van der Waals surface area contributed by atoms with Crippen LogP contribution in [-0.2, 0) is 14.6 Å². The fraction of sp³-hybridized carbons (Fsp3) is 0.0909. The van der Waals surface area contributed by atoms with Gasteiger partial charge in [0.05, 0.1) is 6.29 Å². The normalized spacial score (nSPS) is 14.6. The van der Waals surface area contributed by atoms with Crippen molar-refractivity contribution in [2.75, 3.05) is 6.29 Å². The first-order valence-corrected chi connectivity index (χ1v) is 10.0. The number of nitrogens with one attached hydrogen (secondary N) is 1. The summed E-state index contributed by atoms with van der Waals surface area (Å²) in [6, 6.07) is 8.74. The lowest BCUT2D eigenvalue weighted by atomic mass is 10.3. The summed E-state index contributed by atoms with van der Waals surface area (Å²) in [5.74, 6) is 0.0242. The molecular weight excluding hydrogens is 357 g/mol. The van der Waals surface area contributed by atoms with Crippen LogP contribution in [0.4, 0.5) is 0 Å². The third-order valence-electron chi connectivity index (χ3n) is 2.25. The molecule has 114 valence electrons. The highest BCUT2D eigenvalue weighted by molar-refractivity contribution is 7.91. The van der Waals surface area contributed by atoms with Crippen LogP contribution < -0.4 is 14.1 Å². The Morgan fingerprint density at radius 1 is 1.33 bits per heavy atom. The Morgan fingerprint density at radius 3 is 2.71 bits per heavy atom. The summed E-state index contributed by atoms with van der Waals surface area (Å²) < 4.78 is 42.2. The van der Waals surface area contributed by atoms with Crippen LogP contribution in [0.5, 0.6) is 5.75 Å². The highest BCUT2D eigenvalue weighted by Crippen LogP contribution is 2.38. The molecule has 0 bridgehead atoms. The first-order valence-electron chi connectivity index (χ1n) is 5.57. The Bertz CT molecular complexity index is 763. The van der Waals surface area contributed by atoms with Gasteiger partial charge in [0, 0.05) is 5.02 Å². The molecule has 0 aliphatic carbocycles. The molecule has 0 fully saturated rings. The maximum atomic E-state index is 11.8. The minimum absolute atomic E-state index is 0.0242. The summed E-state index contributed by atoms with van der Waals surface area (Å²) in [7, 11) is -8.29. The highest BCUT2D eigenvalue weighted by Gasteiger charge is 2.19. The van der Waals surface area contributed by atoms with Crippen molar-refractivity contribution in [3.8, 4) is 5.75 Å². The molecule has 1 aromatic heterocycles. The largest absolute Gasteiger partial charge is 0.768 e. The van der Waals surface area contributed by atoms with Gasteiger partial charge in [-0.05, 0) is 29.6 Å². The number of halogens is 1. The molecule has 1 atom stereocenters. The van der Waals surface area contributed by atoms with E-state index in [1.54, 1.807) is 17.5 Å². The predicted molar refractivity (Wildman–Crippen MR) is 79.2 cm³/mol. The Labute approximate surface area is 130 Å². The van der Waals surface area contributed by atoms with Gasteiger partial charge in [0.15, 0.2) is 7.60 Å². The zero-order valence-corrected chi connectivity index (χ0v) is 13.7. The molecule has 2 rings (SSSR count). The van der Waals surface area contributed by atoms with Gasteiger partial charge in [0.25, 0.3) is 10.0 Å². The summed E-state index contributed by atoms with van der Waals surface area (Å²) in [5.41, 5.74) is 0. The van der Waals surface area contributed by atoms with E-state index in [9.17, 15) is 17.9 Å². The standard InChI is InChI=1S/C11H11ClNO5PS2/c12-9-3-1-4-10(7-9)18-19(14,15)8-13-21(16,17)11-5-2-6-20-11/h1-7,13H,8H2,(H,14,15)/p-1. The van der Waals surface area contributed by atoms with E-state index < -0.39 is 23.9 Å². The molecule has 0 spiro atoms. The summed E-state index contributed by atoms with van der Waals surface area (Å²) in [4.78, 5) is 11.8. The van der Waals surface area contributed by atoms with E-state index in [-0.39, 0.29) is 9.96 Å². The van der Waals surface area contributed by atoms with Crippen molar-refractivity contribution >= 4 is 40.6 Å². The van der Waals surface area contributed by atoms with Gasteiger partial charge >= 0.3 is 0 Å². The van der Waals surface area contributed by atoms with Crippen LogP contribution in [-0.4, -0.2) is 14.7 Å². The Kier molecular flexibility index (Phi) is 5.08. The first kappa shape index (κ1) is 16.5. The van der Waals surface area contributed by atoms with Gasteiger partial charge in [-0.25, -0.2) is 13.1 Å². The quantitative estimate of drug-likeness (QED) is 0.791. The molecule has 21 heavy (non-hydrogen) atoms. The molecule has 0 saturated heterocycles. The number of sulfonamides is 1. The van der Waals surface area contributed by atoms with Crippen molar-refractivity contribution < 1.29 is 22.4 Å². The van der Waals surface area contributed by atoms with Crippen molar-refractivity contribution in [1.82, 2.24) is 4.72 Å². The van der Waals surface area contributed by atoms with E-state index in [4.69, 9.17) is 16.1 Å². The maximum absolute atomic E-state index is 11.8. The number of benzene rings is 1. The molecule has 1 N–H and O–H groups in total. The molecule has 0 aliphatic rings. The van der Waals surface area contributed by atoms with Crippen molar-refractivity contribution in [1.29, 1.82) is 0 Å². The second-order valence-electron chi connectivity index (χ2n) is 3.90. The Hall–Kier alpha value is -0.890. The van der Waals surface area contributed by atoms with E-state index in [2.05, 4.69) is 0 Å². The third kappa shape index (κ3) is 4.81. The summed E-state index contributed by atoms with van der Waals surface area (Å²) in [6.45, 7) is 0. The van der Waals surface area contributed by atoms with Crippen molar-refractivity contribution in [2.45, 2.75) is 4.21 Å². The number of hydrogen-bond donors (Lipinski definition) is 1. The lowest BCUT2D eigenvalue weighted by Crippen LogP contribution is -2.28. The number of hydrogen-bond acceptors (Lipinski definition) is 6. The van der Waals surface area contributed by atoms with Crippen molar-refractivity contribution in [3.63, 3.8) is 0 Å². The monoisotopic (exact) mass is 366 g/mol. The smallest absolute Gasteiger partial charge is 0.250 e. The zero-order chi connectivity index (χ0) is 15.5. The second-order valence-corrected chi connectivity index (χ2v) is 9.00. The molecule has 2 aromatic rings. The molecule has 10 heteroatoms. The lowest BCUT2D eigenvalue weighted by molar-refractivity contribution is -0.191. The molecule has 1 heterocycles. The average molecular weight is 367 g/mol. The summed E-state index contributed by atoms with van der Waals surface area (Å²) in [5, 5.41) is 1.89. The molecule has 0 radical (unpaired) electrons. The first-order chi connectivity index (χ1) is 9.78. The lowest BCUT2D eigenvalue weighted by Gasteiger charge is -2.24. The third-order valence-corrected chi connectivity index (χ3v) is 6.53. The van der Waals surface area contributed by atoms with Crippen LogP contribution in [0.1, 0.15) is 0 Å². The second kappa shape index (κ2) is 6.48. The van der Waals surface area contributed by atoms with Crippen LogP contribution in [0.2, 0.25) is 5.02 Å². The van der Waals surface area contributed by atoms with Gasteiger partial charge in [-0.3, -0.25) is 4.57 Å². The maximum Gasteiger partial charge on any atom is 0.250 e. The SMILES string of the molecule is O=P([O-])(CNS(=O)(=O)c1cccs1)Oc1cccc(Cl)c1. The van der Waals surface area contributed by atoms with Crippen LogP contribution in [0.3, 0.4) is 0 Å². The van der Waals surface area contributed by atoms with Gasteiger partial charge in [-0.1, -0.05) is 23.7 Å². The molecule has 0 saturated carbocycles. The van der Waals surface area contributed by atoms with Crippen molar-refractivity contribution in [2.24, 2.45) is 0 Å². The summed E-state index contributed by atoms with van der Waals surface area (Å²) >= 11 is 6.69. The van der Waals surface area contributed by atoms with Crippen molar-refractivity contribution in [3.05, 3.63) is 46.8 Å². The minimum atomic E-state index is -4.43. The number of rotatable bonds is 6. The van der Waals surface area contributed by atoms with Gasteiger partial charge in [0.2, 0.25) is 0 Å². The number of thiophene rings is 1. The molecule has 0 aliphatic heterocycles. The van der Waals surface area contributed by atoms with E-state index in [1.807, 2.05) is 4.72 Å². The molecule has 6 nitrogen and oxygen atoms in total. The highest BCUT2D eigenvalue weighted by atomic mass is 35.5. The topological polar surface area (TPSA) is 95.5 Å². The van der Waals surface area contributed by atoms with Crippen LogP contribution in [0.15, 0.2) is 46.0 Å². The van der Waals surface area contributed by atoms with E-state index in [1.165, 1.54) is 24.3 Å². The van der Waals surface area contributed by atoms with Gasteiger partial charge in [-0.2, -0.15) is 0 Å².